The minimum Gasteiger partial charge on any atom is -0.493 e. The van der Waals surface area contributed by atoms with Gasteiger partial charge in [-0.1, -0.05) is 22.4 Å². The summed E-state index contributed by atoms with van der Waals surface area (Å²) in [4.78, 5) is 32.8. The van der Waals surface area contributed by atoms with E-state index in [0.717, 1.165) is 11.1 Å². The van der Waals surface area contributed by atoms with Crippen molar-refractivity contribution in [2.45, 2.75) is 13.8 Å². The SMILES string of the molecule is COc1cc(/C=C2\C(=O)ON=C2C)ccc1OCOc1ccc(/C=C2/C(=O)ON=C2C)cc1OC. The van der Waals surface area contributed by atoms with Crippen LogP contribution >= 0.6 is 0 Å². The first-order valence-electron chi connectivity index (χ1n) is 10.5. The van der Waals surface area contributed by atoms with Crippen LogP contribution in [0.15, 0.2) is 57.9 Å². The summed E-state index contributed by atoms with van der Waals surface area (Å²) in [6, 6.07) is 10.4. The zero-order valence-corrected chi connectivity index (χ0v) is 19.5. The van der Waals surface area contributed by atoms with Crippen molar-refractivity contribution in [3.05, 3.63) is 58.7 Å². The van der Waals surface area contributed by atoms with Crippen molar-refractivity contribution in [2.75, 3.05) is 21.0 Å². The summed E-state index contributed by atoms with van der Waals surface area (Å²) in [5.74, 6) is 0.806. The number of ether oxygens (including phenoxy) is 4. The molecule has 2 aliphatic heterocycles. The Bertz CT molecular complexity index is 1210. The average Bonchev–Trinajstić information content (AvgIpc) is 3.35. The molecule has 2 aromatic rings. The molecule has 35 heavy (non-hydrogen) atoms. The van der Waals surface area contributed by atoms with Crippen LogP contribution in [0.4, 0.5) is 0 Å². The van der Waals surface area contributed by atoms with Crippen molar-refractivity contribution in [1.29, 1.82) is 0 Å². The fourth-order valence-corrected chi connectivity index (χ4v) is 3.31. The van der Waals surface area contributed by atoms with Gasteiger partial charge in [0.25, 0.3) is 0 Å². The quantitative estimate of drug-likeness (QED) is 0.320. The molecule has 2 aliphatic rings. The fraction of sp³-hybridized carbons (Fsp3) is 0.200. The number of carbonyl (C=O) groups is 2. The van der Waals surface area contributed by atoms with Crippen molar-refractivity contribution < 1.29 is 38.2 Å². The lowest BCUT2D eigenvalue weighted by Crippen LogP contribution is -2.08. The summed E-state index contributed by atoms with van der Waals surface area (Å²) in [6.45, 7) is 3.26. The highest BCUT2D eigenvalue weighted by Gasteiger charge is 2.23. The van der Waals surface area contributed by atoms with Crippen LogP contribution in [-0.4, -0.2) is 44.4 Å². The smallest absolute Gasteiger partial charge is 0.367 e. The molecule has 0 unspecified atom stereocenters. The maximum Gasteiger partial charge on any atom is 0.367 e. The van der Waals surface area contributed by atoms with Gasteiger partial charge in [-0.15, -0.1) is 0 Å². The molecule has 0 radical (unpaired) electrons. The monoisotopic (exact) mass is 478 g/mol. The number of nitrogens with zero attached hydrogens (tertiary/aromatic N) is 2. The van der Waals surface area contributed by atoms with Gasteiger partial charge in [-0.3, -0.25) is 0 Å². The number of rotatable bonds is 8. The number of benzene rings is 2. The van der Waals surface area contributed by atoms with Crippen molar-refractivity contribution in [1.82, 2.24) is 0 Å². The predicted molar refractivity (Wildman–Crippen MR) is 126 cm³/mol. The summed E-state index contributed by atoms with van der Waals surface area (Å²) >= 11 is 0. The van der Waals surface area contributed by atoms with E-state index in [-0.39, 0.29) is 6.79 Å². The number of hydrogen-bond donors (Lipinski definition) is 0. The highest BCUT2D eigenvalue weighted by atomic mass is 16.7. The Balaban J connectivity index is 1.44. The van der Waals surface area contributed by atoms with Crippen LogP contribution in [0.1, 0.15) is 25.0 Å². The van der Waals surface area contributed by atoms with E-state index in [0.29, 0.717) is 45.6 Å². The van der Waals surface area contributed by atoms with E-state index in [1.165, 1.54) is 14.2 Å². The molecule has 2 heterocycles. The van der Waals surface area contributed by atoms with Crippen molar-refractivity contribution in [2.24, 2.45) is 10.3 Å². The first-order chi connectivity index (χ1) is 16.9. The maximum absolute atomic E-state index is 11.8. The third-order valence-electron chi connectivity index (χ3n) is 5.18. The Hall–Kier alpha value is -4.60. The third kappa shape index (κ3) is 5.16. The molecule has 0 saturated carbocycles. The van der Waals surface area contributed by atoms with Gasteiger partial charge in [0.1, 0.15) is 0 Å². The van der Waals surface area contributed by atoms with Crippen LogP contribution in [0.3, 0.4) is 0 Å². The first-order valence-corrected chi connectivity index (χ1v) is 10.5. The molecular formula is C25H22N2O8. The minimum absolute atomic E-state index is 0.121. The van der Waals surface area contributed by atoms with Gasteiger partial charge >= 0.3 is 11.9 Å². The Labute approximate surface area is 201 Å². The van der Waals surface area contributed by atoms with E-state index in [9.17, 15) is 9.59 Å². The Kier molecular flexibility index (Phi) is 6.81. The predicted octanol–water partition coefficient (Wildman–Crippen LogP) is 3.75. The van der Waals surface area contributed by atoms with Crippen LogP contribution in [0.25, 0.3) is 12.2 Å². The topological polar surface area (TPSA) is 114 Å². The van der Waals surface area contributed by atoms with Crippen molar-refractivity contribution in [3.8, 4) is 23.0 Å². The molecule has 0 N–H and O–H groups in total. The molecule has 0 aliphatic carbocycles. The van der Waals surface area contributed by atoms with Crippen molar-refractivity contribution in [3.63, 3.8) is 0 Å². The zero-order chi connectivity index (χ0) is 24.9. The van der Waals surface area contributed by atoms with E-state index in [4.69, 9.17) is 18.9 Å². The molecule has 0 bridgehead atoms. The Morgan fingerprint density at radius 2 is 1.14 bits per heavy atom. The van der Waals surface area contributed by atoms with E-state index in [1.54, 1.807) is 62.4 Å². The van der Waals surface area contributed by atoms with Crippen LogP contribution < -0.4 is 18.9 Å². The molecule has 0 saturated heterocycles. The lowest BCUT2D eigenvalue weighted by Gasteiger charge is -2.14. The van der Waals surface area contributed by atoms with Crippen LogP contribution in [0.5, 0.6) is 23.0 Å². The number of methoxy groups -OCH3 is 2. The third-order valence-corrected chi connectivity index (χ3v) is 5.18. The zero-order valence-electron chi connectivity index (χ0n) is 19.5. The van der Waals surface area contributed by atoms with Gasteiger partial charge in [0.05, 0.1) is 36.8 Å². The Morgan fingerprint density at radius 1 is 0.714 bits per heavy atom. The van der Waals surface area contributed by atoms with Gasteiger partial charge in [-0.25, -0.2) is 9.59 Å². The summed E-state index contributed by atoms with van der Waals surface area (Å²) < 4.78 is 22.3. The van der Waals surface area contributed by atoms with Gasteiger partial charge in [0.15, 0.2) is 23.0 Å². The molecule has 4 rings (SSSR count). The number of oxime groups is 2. The Morgan fingerprint density at radius 3 is 1.49 bits per heavy atom. The van der Waals surface area contributed by atoms with Crippen LogP contribution in [0.2, 0.25) is 0 Å². The van der Waals surface area contributed by atoms with Crippen molar-refractivity contribution >= 4 is 35.5 Å². The molecule has 0 spiro atoms. The van der Waals surface area contributed by atoms with E-state index in [1.807, 2.05) is 0 Å². The number of carbonyl (C=O) groups excluding carboxylic acids is 2. The van der Waals surface area contributed by atoms with Gasteiger partial charge in [0.2, 0.25) is 6.79 Å². The van der Waals surface area contributed by atoms with Gasteiger partial charge in [0, 0.05) is 0 Å². The molecule has 0 aromatic heterocycles. The fourth-order valence-electron chi connectivity index (χ4n) is 3.31. The minimum atomic E-state index is -0.502. The van der Waals surface area contributed by atoms with Gasteiger partial charge in [-0.2, -0.15) is 0 Å². The lowest BCUT2D eigenvalue weighted by atomic mass is 10.1. The second kappa shape index (κ2) is 10.1. The highest BCUT2D eigenvalue weighted by molar-refractivity contribution is 6.24. The van der Waals surface area contributed by atoms with Gasteiger partial charge in [-0.05, 0) is 61.4 Å². The van der Waals surface area contributed by atoms with Crippen LogP contribution in [-0.2, 0) is 19.3 Å². The molecule has 0 fully saturated rings. The largest absolute Gasteiger partial charge is 0.493 e. The van der Waals surface area contributed by atoms with Gasteiger partial charge < -0.3 is 28.6 Å². The van der Waals surface area contributed by atoms with E-state index >= 15 is 0 Å². The standard InChI is InChI=1S/C25H22N2O8/c1-14-18(24(28)34-26-14)9-16-5-7-20(22(11-16)30-3)32-13-33-21-8-6-17(12-23(21)31-4)10-19-15(2)27-35-25(19)29/h5-12H,13H2,1-4H3/b18-9-,19-10+. The molecule has 0 atom stereocenters. The number of hydrogen-bond acceptors (Lipinski definition) is 10. The second-order valence-electron chi connectivity index (χ2n) is 7.45. The lowest BCUT2D eigenvalue weighted by molar-refractivity contribution is -0.137. The summed E-state index contributed by atoms with van der Waals surface area (Å²) in [5, 5.41) is 7.33. The molecule has 0 amide bonds. The normalized spacial score (nSPS) is 17.1. The molecule has 10 heteroatoms. The van der Waals surface area contributed by atoms with E-state index < -0.39 is 11.9 Å². The first kappa shape index (κ1) is 23.6. The molecule has 10 nitrogen and oxygen atoms in total. The maximum atomic E-state index is 11.8. The highest BCUT2D eigenvalue weighted by Crippen LogP contribution is 2.32. The summed E-state index contributed by atoms with van der Waals surface area (Å²) in [7, 11) is 3.03. The van der Waals surface area contributed by atoms with E-state index in [2.05, 4.69) is 20.0 Å². The second-order valence-corrected chi connectivity index (χ2v) is 7.45. The summed E-state index contributed by atoms with van der Waals surface area (Å²) in [5.41, 5.74) is 3.20. The molecule has 2 aromatic carbocycles. The molecular weight excluding hydrogens is 456 g/mol. The summed E-state index contributed by atoms with van der Waals surface area (Å²) in [6.07, 6.45) is 3.33. The molecule has 180 valence electrons. The average molecular weight is 478 g/mol. The van der Waals surface area contributed by atoms with Crippen LogP contribution in [0, 0.1) is 0 Å².